The van der Waals surface area contributed by atoms with E-state index in [2.05, 4.69) is 217 Å². The summed E-state index contributed by atoms with van der Waals surface area (Å²) in [5.41, 5.74) is 10.6. The van der Waals surface area contributed by atoms with Crippen LogP contribution in [-0.2, 0) is 0 Å². The van der Waals surface area contributed by atoms with Crippen LogP contribution in [0.4, 0.5) is 17.1 Å². The van der Waals surface area contributed by atoms with Crippen LogP contribution in [0.5, 0.6) is 0 Å². The van der Waals surface area contributed by atoms with E-state index in [1.54, 1.807) is 0 Å². The van der Waals surface area contributed by atoms with Crippen molar-refractivity contribution in [3.63, 3.8) is 0 Å². The number of benzene rings is 10. The largest absolute Gasteiger partial charge is 0.310 e. The van der Waals surface area contributed by atoms with Crippen molar-refractivity contribution >= 4 is 60.2 Å². The zero-order valence-electron chi connectivity index (χ0n) is 29.2. The third-order valence-electron chi connectivity index (χ3n) is 10.6. The van der Waals surface area contributed by atoms with E-state index in [0.717, 1.165) is 17.1 Å². The van der Waals surface area contributed by atoms with Gasteiger partial charge in [-0.2, -0.15) is 0 Å². The summed E-state index contributed by atoms with van der Waals surface area (Å²) in [4.78, 5) is 2.37. The Hall–Kier alpha value is -6.96. The van der Waals surface area contributed by atoms with Gasteiger partial charge in [-0.25, -0.2) is 0 Å². The number of nitrogens with zero attached hydrogens (tertiary/aromatic N) is 1. The van der Waals surface area contributed by atoms with Crippen LogP contribution in [0.25, 0.3) is 76.5 Å². The van der Waals surface area contributed by atoms with Crippen LogP contribution in [0.15, 0.2) is 212 Å². The van der Waals surface area contributed by atoms with Crippen LogP contribution >= 0.6 is 0 Å². The Morgan fingerprint density at radius 3 is 1.49 bits per heavy atom. The lowest BCUT2D eigenvalue weighted by molar-refractivity contribution is 1.29. The van der Waals surface area contributed by atoms with E-state index in [4.69, 9.17) is 0 Å². The molecule has 0 N–H and O–H groups in total. The van der Waals surface area contributed by atoms with Gasteiger partial charge in [-0.15, -0.1) is 0 Å². The van der Waals surface area contributed by atoms with Gasteiger partial charge in [-0.1, -0.05) is 170 Å². The molecule has 10 aromatic rings. The average Bonchev–Trinajstić information content (AvgIpc) is 3.24. The minimum Gasteiger partial charge on any atom is -0.310 e. The Balaban J connectivity index is 1.10. The van der Waals surface area contributed by atoms with Crippen molar-refractivity contribution in [2.24, 2.45) is 0 Å². The first-order valence-electron chi connectivity index (χ1n) is 18.3. The highest BCUT2D eigenvalue weighted by atomic mass is 15.1. The Morgan fingerprint density at radius 1 is 0.245 bits per heavy atom. The molecule has 0 aliphatic heterocycles. The predicted octanol–water partition coefficient (Wildman–Crippen LogP) is 14.8. The fourth-order valence-corrected chi connectivity index (χ4v) is 8.08. The van der Waals surface area contributed by atoms with E-state index in [1.807, 2.05) is 0 Å². The van der Waals surface area contributed by atoms with Crippen LogP contribution in [0.3, 0.4) is 0 Å². The molecule has 1 heteroatoms. The summed E-state index contributed by atoms with van der Waals surface area (Å²) < 4.78 is 0. The van der Waals surface area contributed by atoms with Crippen LogP contribution in [0, 0.1) is 0 Å². The summed E-state index contributed by atoms with van der Waals surface area (Å²) >= 11 is 0. The van der Waals surface area contributed by atoms with E-state index in [-0.39, 0.29) is 0 Å². The standard InChI is InChI=1S/C52H35N/c1-2-13-36(14-3-1)38-27-30-43(31-28-38)53(45-32-29-37-15-4-5-16-40(37)34-45)44-20-11-18-41(35-44)39-17-10-19-42(33-39)46-25-12-26-51-49-22-7-6-21-47(49)48-23-8-9-24-50(48)52(46)51/h1-35H. The maximum atomic E-state index is 2.37. The molecule has 0 heterocycles. The quantitative estimate of drug-likeness (QED) is 0.159. The Bertz CT molecular complexity index is 2900. The number of fused-ring (bicyclic) bond motifs is 7. The fraction of sp³-hybridized carbons (Fsp3) is 0. The van der Waals surface area contributed by atoms with Gasteiger partial charge in [0, 0.05) is 17.1 Å². The van der Waals surface area contributed by atoms with Crippen molar-refractivity contribution < 1.29 is 0 Å². The van der Waals surface area contributed by atoms with Crippen molar-refractivity contribution in [3.05, 3.63) is 212 Å². The maximum Gasteiger partial charge on any atom is 0.0468 e. The van der Waals surface area contributed by atoms with Crippen molar-refractivity contribution in [2.75, 3.05) is 4.90 Å². The van der Waals surface area contributed by atoms with Gasteiger partial charge in [0.25, 0.3) is 0 Å². The van der Waals surface area contributed by atoms with Crippen LogP contribution in [0.2, 0.25) is 0 Å². The number of anilines is 3. The normalized spacial score (nSPS) is 11.4. The summed E-state index contributed by atoms with van der Waals surface area (Å²) in [5, 5.41) is 10.2. The molecule has 0 amide bonds. The zero-order chi connectivity index (χ0) is 35.1. The van der Waals surface area contributed by atoms with Crippen molar-refractivity contribution in [2.45, 2.75) is 0 Å². The molecule has 0 unspecified atom stereocenters. The number of hydrogen-bond donors (Lipinski definition) is 0. The molecule has 53 heavy (non-hydrogen) atoms. The van der Waals surface area contributed by atoms with E-state index < -0.39 is 0 Å². The molecule has 1 nitrogen and oxygen atoms in total. The van der Waals surface area contributed by atoms with Crippen LogP contribution in [0.1, 0.15) is 0 Å². The molecule has 0 aliphatic rings. The van der Waals surface area contributed by atoms with Gasteiger partial charge in [0.05, 0.1) is 0 Å². The molecule has 248 valence electrons. The zero-order valence-corrected chi connectivity index (χ0v) is 29.2. The second kappa shape index (κ2) is 13.0. The van der Waals surface area contributed by atoms with E-state index in [1.165, 1.54) is 76.5 Å². The Labute approximate surface area is 309 Å². The molecule has 0 aromatic heterocycles. The van der Waals surface area contributed by atoms with Gasteiger partial charge in [0.1, 0.15) is 0 Å². The smallest absolute Gasteiger partial charge is 0.0468 e. The van der Waals surface area contributed by atoms with E-state index in [9.17, 15) is 0 Å². The number of hydrogen-bond acceptors (Lipinski definition) is 1. The SMILES string of the molecule is c1ccc(-c2ccc(N(c3cccc(-c4cccc(-c5cccc6c7ccccc7c7ccccc7c56)c4)c3)c3ccc4ccccc4c3)cc2)cc1. The highest BCUT2D eigenvalue weighted by Crippen LogP contribution is 2.42. The first kappa shape index (κ1) is 30.8. The predicted molar refractivity (Wildman–Crippen MR) is 227 cm³/mol. The molecular weight excluding hydrogens is 639 g/mol. The third kappa shape index (κ3) is 5.51. The molecular formula is C52H35N. The first-order valence-corrected chi connectivity index (χ1v) is 18.3. The summed E-state index contributed by atoms with van der Waals surface area (Å²) in [6.45, 7) is 0. The highest BCUT2D eigenvalue weighted by Gasteiger charge is 2.16. The lowest BCUT2D eigenvalue weighted by Gasteiger charge is -2.26. The lowest BCUT2D eigenvalue weighted by Crippen LogP contribution is -2.10. The Morgan fingerprint density at radius 2 is 0.736 bits per heavy atom. The van der Waals surface area contributed by atoms with Crippen molar-refractivity contribution in [3.8, 4) is 33.4 Å². The van der Waals surface area contributed by atoms with Gasteiger partial charge in [0.2, 0.25) is 0 Å². The molecule has 0 bridgehead atoms. The molecule has 0 aliphatic carbocycles. The van der Waals surface area contributed by atoms with Crippen LogP contribution in [-0.4, -0.2) is 0 Å². The summed E-state index contributed by atoms with van der Waals surface area (Å²) in [7, 11) is 0. The van der Waals surface area contributed by atoms with Gasteiger partial charge < -0.3 is 4.90 Å². The Kier molecular flexibility index (Phi) is 7.55. The second-order valence-corrected chi connectivity index (χ2v) is 13.7. The molecule has 0 fully saturated rings. The highest BCUT2D eigenvalue weighted by molar-refractivity contribution is 6.28. The van der Waals surface area contributed by atoms with Gasteiger partial charge in [-0.05, 0) is 119 Å². The minimum absolute atomic E-state index is 1.11. The molecule has 10 aromatic carbocycles. The molecule has 0 saturated heterocycles. The monoisotopic (exact) mass is 673 g/mol. The number of rotatable bonds is 6. The van der Waals surface area contributed by atoms with Crippen molar-refractivity contribution in [1.29, 1.82) is 0 Å². The lowest BCUT2D eigenvalue weighted by atomic mass is 9.89. The summed E-state index contributed by atoms with van der Waals surface area (Å²) in [6.07, 6.45) is 0. The van der Waals surface area contributed by atoms with E-state index in [0.29, 0.717) is 0 Å². The van der Waals surface area contributed by atoms with Crippen molar-refractivity contribution in [1.82, 2.24) is 0 Å². The average molecular weight is 674 g/mol. The van der Waals surface area contributed by atoms with Gasteiger partial charge >= 0.3 is 0 Å². The fourth-order valence-electron chi connectivity index (χ4n) is 8.08. The van der Waals surface area contributed by atoms with E-state index >= 15 is 0 Å². The van der Waals surface area contributed by atoms with Gasteiger partial charge in [-0.3, -0.25) is 0 Å². The van der Waals surface area contributed by atoms with Crippen LogP contribution < -0.4 is 4.90 Å². The third-order valence-corrected chi connectivity index (χ3v) is 10.6. The molecule has 0 saturated carbocycles. The minimum atomic E-state index is 1.11. The topological polar surface area (TPSA) is 3.24 Å². The molecule has 0 atom stereocenters. The molecule has 0 radical (unpaired) electrons. The van der Waals surface area contributed by atoms with Gasteiger partial charge in [0.15, 0.2) is 0 Å². The maximum absolute atomic E-state index is 2.37. The first-order chi connectivity index (χ1) is 26.3. The molecule has 10 rings (SSSR count). The summed E-state index contributed by atoms with van der Waals surface area (Å²) in [5.74, 6) is 0. The molecule has 0 spiro atoms. The summed E-state index contributed by atoms with van der Waals surface area (Å²) in [6, 6.07) is 77.2. The second-order valence-electron chi connectivity index (χ2n) is 13.7.